The van der Waals surface area contributed by atoms with Crippen molar-refractivity contribution in [3.05, 3.63) is 63.6 Å². The van der Waals surface area contributed by atoms with Gasteiger partial charge < -0.3 is 14.6 Å². The van der Waals surface area contributed by atoms with Crippen LogP contribution in [-0.2, 0) is 27.3 Å². The van der Waals surface area contributed by atoms with Crippen LogP contribution in [0.3, 0.4) is 0 Å². The van der Waals surface area contributed by atoms with Gasteiger partial charge in [-0.05, 0) is 49.2 Å². The monoisotopic (exact) mass is 425 g/mol. The van der Waals surface area contributed by atoms with Gasteiger partial charge in [0.05, 0.1) is 16.1 Å². The standard InChI is InChI=1S/C20H21Cl2NO5/c1-12(2)28-18(19(24)25)10-13-3-6-15(7-4-13)23-20(26)27-11-14-5-8-16(21)17(22)9-14/h3-9,12,18H,10-11H2,1-2H3,(H,23,26)(H,24,25). The molecule has 0 bridgehead atoms. The van der Waals surface area contributed by atoms with Gasteiger partial charge in [-0.25, -0.2) is 9.59 Å². The SMILES string of the molecule is CC(C)OC(Cc1ccc(NC(=O)OCc2ccc(Cl)c(Cl)c2)cc1)C(=O)O. The van der Waals surface area contributed by atoms with Gasteiger partial charge >= 0.3 is 12.1 Å². The molecule has 0 fully saturated rings. The molecular weight excluding hydrogens is 405 g/mol. The van der Waals surface area contributed by atoms with E-state index >= 15 is 0 Å². The van der Waals surface area contributed by atoms with Gasteiger partial charge in [0.2, 0.25) is 0 Å². The highest BCUT2D eigenvalue weighted by Crippen LogP contribution is 2.23. The quantitative estimate of drug-likeness (QED) is 0.609. The topological polar surface area (TPSA) is 84.9 Å². The van der Waals surface area contributed by atoms with Gasteiger partial charge in [0.15, 0.2) is 6.10 Å². The average Bonchev–Trinajstić information content (AvgIpc) is 2.63. The number of benzene rings is 2. The Morgan fingerprint density at radius 1 is 1.04 bits per heavy atom. The van der Waals surface area contributed by atoms with Crippen LogP contribution >= 0.6 is 23.2 Å². The molecule has 0 aliphatic rings. The lowest BCUT2D eigenvalue weighted by Gasteiger charge is -2.16. The Hall–Kier alpha value is -2.28. The van der Waals surface area contributed by atoms with Crippen LogP contribution in [0.2, 0.25) is 10.0 Å². The Labute approximate surface area is 173 Å². The van der Waals surface area contributed by atoms with E-state index in [2.05, 4.69) is 5.32 Å². The Bertz CT molecular complexity index is 824. The first kappa shape index (κ1) is 22.0. The molecule has 0 aliphatic heterocycles. The number of amides is 1. The molecule has 0 saturated carbocycles. The van der Waals surface area contributed by atoms with E-state index in [9.17, 15) is 14.7 Å². The van der Waals surface area contributed by atoms with E-state index in [1.54, 1.807) is 56.3 Å². The van der Waals surface area contributed by atoms with Gasteiger partial charge in [0, 0.05) is 12.1 Å². The van der Waals surface area contributed by atoms with E-state index in [1.807, 2.05) is 0 Å². The summed E-state index contributed by atoms with van der Waals surface area (Å²) in [5.41, 5.74) is 2.02. The fourth-order valence-corrected chi connectivity index (χ4v) is 2.71. The summed E-state index contributed by atoms with van der Waals surface area (Å²) >= 11 is 11.8. The molecular formula is C20H21Cl2NO5. The fourth-order valence-electron chi connectivity index (χ4n) is 2.39. The van der Waals surface area contributed by atoms with Gasteiger partial charge in [0.1, 0.15) is 6.61 Å². The Morgan fingerprint density at radius 3 is 2.25 bits per heavy atom. The molecule has 2 aromatic carbocycles. The van der Waals surface area contributed by atoms with E-state index in [-0.39, 0.29) is 19.1 Å². The van der Waals surface area contributed by atoms with E-state index in [0.29, 0.717) is 21.3 Å². The molecule has 0 saturated heterocycles. The first-order valence-electron chi connectivity index (χ1n) is 8.59. The molecule has 0 heterocycles. The Balaban J connectivity index is 1.87. The molecule has 0 spiro atoms. The van der Waals surface area contributed by atoms with Crippen molar-refractivity contribution in [1.29, 1.82) is 0 Å². The van der Waals surface area contributed by atoms with E-state index in [4.69, 9.17) is 32.7 Å². The molecule has 0 aliphatic carbocycles. The number of carbonyl (C=O) groups excluding carboxylic acids is 1. The van der Waals surface area contributed by atoms with Crippen molar-refractivity contribution in [3.63, 3.8) is 0 Å². The molecule has 1 atom stereocenters. The molecule has 2 aromatic rings. The summed E-state index contributed by atoms with van der Waals surface area (Å²) in [6.07, 6.45) is -1.50. The third-order valence-corrected chi connectivity index (χ3v) is 4.43. The predicted octanol–water partition coefficient (Wildman–Crippen LogP) is 5.16. The highest BCUT2D eigenvalue weighted by atomic mass is 35.5. The highest BCUT2D eigenvalue weighted by molar-refractivity contribution is 6.42. The van der Waals surface area contributed by atoms with Crippen molar-refractivity contribution in [1.82, 2.24) is 0 Å². The summed E-state index contributed by atoms with van der Waals surface area (Å²) < 4.78 is 10.5. The molecule has 8 heteroatoms. The number of hydrogen-bond donors (Lipinski definition) is 2. The molecule has 1 amide bonds. The lowest BCUT2D eigenvalue weighted by Crippen LogP contribution is -2.29. The lowest BCUT2D eigenvalue weighted by molar-refractivity contribution is -0.153. The van der Waals surface area contributed by atoms with Crippen molar-refractivity contribution in [3.8, 4) is 0 Å². The van der Waals surface area contributed by atoms with Crippen LogP contribution in [0.1, 0.15) is 25.0 Å². The molecule has 0 aromatic heterocycles. The number of aliphatic carboxylic acids is 1. The van der Waals surface area contributed by atoms with Gasteiger partial charge in [-0.3, -0.25) is 5.32 Å². The number of rotatable bonds is 8. The number of anilines is 1. The maximum absolute atomic E-state index is 11.9. The lowest BCUT2D eigenvalue weighted by atomic mass is 10.1. The first-order valence-corrected chi connectivity index (χ1v) is 9.35. The predicted molar refractivity (Wildman–Crippen MR) is 108 cm³/mol. The van der Waals surface area contributed by atoms with Crippen molar-refractivity contribution in [2.24, 2.45) is 0 Å². The van der Waals surface area contributed by atoms with Crippen LogP contribution in [0, 0.1) is 0 Å². The Morgan fingerprint density at radius 2 is 1.68 bits per heavy atom. The van der Waals surface area contributed by atoms with Crippen LogP contribution in [0.4, 0.5) is 10.5 Å². The Kier molecular flexibility index (Phi) is 8.11. The van der Waals surface area contributed by atoms with Crippen LogP contribution in [0.5, 0.6) is 0 Å². The van der Waals surface area contributed by atoms with Crippen molar-refractivity contribution >= 4 is 41.0 Å². The minimum absolute atomic E-state index is 0.0492. The summed E-state index contributed by atoms with van der Waals surface area (Å²) in [4.78, 5) is 23.2. The van der Waals surface area contributed by atoms with Gasteiger partial charge in [0.25, 0.3) is 0 Å². The minimum Gasteiger partial charge on any atom is -0.479 e. The van der Waals surface area contributed by atoms with Crippen LogP contribution in [0.25, 0.3) is 0 Å². The second-order valence-corrected chi connectivity index (χ2v) is 7.18. The number of ether oxygens (including phenoxy) is 2. The van der Waals surface area contributed by atoms with Crippen LogP contribution in [0.15, 0.2) is 42.5 Å². The molecule has 28 heavy (non-hydrogen) atoms. The molecule has 150 valence electrons. The molecule has 2 rings (SSSR count). The average molecular weight is 426 g/mol. The maximum Gasteiger partial charge on any atom is 0.411 e. The summed E-state index contributed by atoms with van der Waals surface area (Å²) in [5.74, 6) is -1.01. The fraction of sp³-hybridized carbons (Fsp3) is 0.300. The second kappa shape index (κ2) is 10.3. The summed E-state index contributed by atoms with van der Waals surface area (Å²) in [6.45, 7) is 3.62. The van der Waals surface area contributed by atoms with E-state index < -0.39 is 18.2 Å². The minimum atomic E-state index is -1.01. The second-order valence-electron chi connectivity index (χ2n) is 6.36. The molecule has 0 radical (unpaired) electrons. The number of halogens is 2. The number of carboxylic acid groups (broad SMARTS) is 1. The number of carbonyl (C=O) groups is 2. The molecule has 6 nitrogen and oxygen atoms in total. The summed E-state index contributed by atoms with van der Waals surface area (Å²) in [5, 5.41) is 12.7. The van der Waals surface area contributed by atoms with Crippen molar-refractivity contribution in [2.45, 2.75) is 39.1 Å². The van der Waals surface area contributed by atoms with Gasteiger partial charge in [-0.2, -0.15) is 0 Å². The van der Waals surface area contributed by atoms with Crippen LogP contribution < -0.4 is 5.32 Å². The van der Waals surface area contributed by atoms with Gasteiger partial charge in [-0.15, -0.1) is 0 Å². The zero-order valence-corrected chi connectivity index (χ0v) is 17.0. The molecule has 1 unspecified atom stereocenters. The normalized spacial score (nSPS) is 11.9. The third-order valence-electron chi connectivity index (χ3n) is 3.69. The maximum atomic E-state index is 11.9. The first-order chi connectivity index (χ1) is 13.2. The number of nitrogens with one attached hydrogen (secondary N) is 1. The third kappa shape index (κ3) is 7.03. The smallest absolute Gasteiger partial charge is 0.411 e. The van der Waals surface area contributed by atoms with Gasteiger partial charge in [-0.1, -0.05) is 41.4 Å². The van der Waals surface area contributed by atoms with Crippen LogP contribution in [-0.4, -0.2) is 29.4 Å². The summed E-state index contributed by atoms with van der Waals surface area (Å²) in [6, 6.07) is 11.8. The van der Waals surface area contributed by atoms with E-state index in [0.717, 1.165) is 5.56 Å². The summed E-state index contributed by atoms with van der Waals surface area (Å²) in [7, 11) is 0. The van der Waals surface area contributed by atoms with E-state index in [1.165, 1.54) is 0 Å². The highest BCUT2D eigenvalue weighted by Gasteiger charge is 2.20. The zero-order chi connectivity index (χ0) is 20.7. The molecule has 2 N–H and O–H groups in total. The van der Waals surface area contributed by atoms with Crippen molar-refractivity contribution in [2.75, 3.05) is 5.32 Å². The zero-order valence-electron chi connectivity index (χ0n) is 15.4. The van der Waals surface area contributed by atoms with Crippen molar-refractivity contribution < 1.29 is 24.2 Å². The number of carboxylic acids is 1. The number of hydrogen-bond acceptors (Lipinski definition) is 4. The largest absolute Gasteiger partial charge is 0.479 e.